The molecule has 0 bridgehead atoms. The first kappa shape index (κ1) is 20.6. The van der Waals surface area contributed by atoms with Gasteiger partial charge in [-0.15, -0.1) is 0 Å². The smallest absolute Gasteiger partial charge is 0.146 e. The normalized spacial score (nSPS) is 45.6. The van der Waals surface area contributed by atoms with Crippen molar-refractivity contribution < 1.29 is 19.8 Å². The highest BCUT2D eigenvalue weighted by atomic mass is 16.7. The fourth-order valence-corrected chi connectivity index (χ4v) is 6.37. The van der Waals surface area contributed by atoms with Gasteiger partial charge < -0.3 is 15.0 Å². The molecule has 29 heavy (non-hydrogen) atoms. The molecule has 0 aromatic rings. The molecule has 0 aromatic carbocycles. The molecule has 8 nitrogen and oxygen atoms in total. The Labute approximate surface area is 175 Å². The lowest BCUT2D eigenvalue weighted by Crippen LogP contribution is -3.10. The number of nitrogens with two attached hydrogens (primary N) is 1. The Bertz CT molecular complexity index is 525. The number of rotatable bonds is 4. The Morgan fingerprint density at radius 3 is 2.69 bits per heavy atom. The van der Waals surface area contributed by atoms with Crippen molar-refractivity contribution in [1.82, 2.24) is 20.6 Å². The zero-order valence-electron chi connectivity index (χ0n) is 18.2. The average molecular weight is 411 g/mol. The highest BCUT2D eigenvalue weighted by molar-refractivity contribution is 4.93. The van der Waals surface area contributed by atoms with Crippen molar-refractivity contribution >= 4 is 0 Å². The molecule has 8 heteroatoms. The lowest BCUT2D eigenvalue weighted by Gasteiger charge is -2.39. The zero-order valence-corrected chi connectivity index (χ0v) is 18.2. The maximum absolute atomic E-state index is 6.17. The van der Waals surface area contributed by atoms with E-state index in [1.54, 1.807) is 4.90 Å². The van der Waals surface area contributed by atoms with Crippen LogP contribution in [-0.4, -0.2) is 100.0 Å². The highest BCUT2D eigenvalue weighted by Crippen LogP contribution is 2.29. The van der Waals surface area contributed by atoms with Crippen LogP contribution in [0.4, 0.5) is 0 Å². The molecule has 5 rings (SSSR count). The van der Waals surface area contributed by atoms with E-state index in [-0.39, 0.29) is 6.23 Å². The van der Waals surface area contributed by atoms with Gasteiger partial charge in [0.15, 0.2) is 0 Å². The molecular formula is C21H42N6O2+2. The number of hydrogen-bond donors (Lipinski definition) is 4. The van der Waals surface area contributed by atoms with Crippen molar-refractivity contribution in [3.63, 3.8) is 0 Å². The van der Waals surface area contributed by atoms with Gasteiger partial charge in [-0.25, -0.2) is 4.90 Å². The molecule has 5 aliphatic heterocycles. The second-order valence-corrected chi connectivity index (χ2v) is 9.96. The quantitative estimate of drug-likeness (QED) is 0.412. The van der Waals surface area contributed by atoms with Gasteiger partial charge in [0, 0.05) is 50.7 Å². The molecule has 0 aliphatic carbocycles. The Hall–Kier alpha value is -0.320. The van der Waals surface area contributed by atoms with E-state index in [1.165, 1.54) is 64.7 Å². The Morgan fingerprint density at radius 1 is 1.03 bits per heavy atom. The van der Waals surface area contributed by atoms with Crippen LogP contribution >= 0.6 is 0 Å². The summed E-state index contributed by atoms with van der Waals surface area (Å²) in [4.78, 5) is 13.3. The summed E-state index contributed by atoms with van der Waals surface area (Å²) in [5, 5.41) is 6.40. The Kier molecular flexibility index (Phi) is 6.70. The van der Waals surface area contributed by atoms with Crippen LogP contribution in [0.5, 0.6) is 0 Å². The predicted molar refractivity (Wildman–Crippen MR) is 110 cm³/mol. The summed E-state index contributed by atoms with van der Waals surface area (Å²) in [6.45, 7) is 9.01. The van der Waals surface area contributed by atoms with Crippen molar-refractivity contribution in [3.05, 3.63) is 0 Å². The van der Waals surface area contributed by atoms with Crippen LogP contribution in [-0.2, 0) is 9.57 Å². The lowest BCUT2D eigenvalue weighted by atomic mass is 9.92. The minimum absolute atomic E-state index is 0.141. The van der Waals surface area contributed by atoms with E-state index in [9.17, 15) is 0 Å². The molecule has 0 amide bonds. The second-order valence-electron chi connectivity index (χ2n) is 9.96. The summed E-state index contributed by atoms with van der Waals surface area (Å²) >= 11 is 0. The number of ether oxygens (including phenoxy) is 1. The second kappa shape index (κ2) is 9.44. The van der Waals surface area contributed by atoms with Gasteiger partial charge in [-0.05, 0) is 19.4 Å². The molecule has 5 fully saturated rings. The van der Waals surface area contributed by atoms with Gasteiger partial charge in [-0.1, -0.05) is 0 Å². The van der Waals surface area contributed by atoms with E-state index < -0.39 is 0 Å². The maximum atomic E-state index is 6.17. The van der Waals surface area contributed by atoms with Crippen molar-refractivity contribution in [3.8, 4) is 0 Å². The first-order valence-corrected chi connectivity index (χ1v) is 12.2. The molecule has 0 saturated carbocycles. The van der Waals surface area contributed by atoms with E-state index in [2.05, 4.69) is 33.0 Å². The third kappa shape index (κ3) is 4.65. The molecule has 0 aromatic heterocycles. The fourth-order valence-electron chi connectivity index (χ4n) is 6.37. The maximum Gasteiger partial charge on any atom is 0.146 e. The van der Waals surface area contributed by atoms with Gasteiger partial charge >= 0.3 is 0 Å². The largest absolute Gasteiger partial charge is 0.379 e. The van der Waals surface area contributed by atoms with Crippen LogP contribution in [0.25, 0.3) is 0 Å². The molecule has 5 saturated heterocycles. The van der Waals surface area contributed by atoms with E-state index in [0.717, 1.165) is 32.3 Å². The number of piperidine rings is 2. The number of hydroxylamine groups is 1. The average Bonchev–Trinajstić information content (AvgIpc) is 3.45. The monoisotopic (exact) mass is 410 g/mol. The van der Waals surface area contributed by atoms with E-state index >= 15 is 0 Å². The van der Waals surface area contributed by atoms with Gasteiger partial charge in [0.25, 0.3) is 0 Å². The minimum atomic E-state index is 0.141. The summed E-state index contributed by atoms with van der Waals surface area (Å²) in [6.07, 6.45) is 8.78. The van der Waals surface area contributed by atoms with Crippen LogP contribution in [0.2, 0.25) is 0 Å². The van der Waals surface area contributed by atoms with Crippen molar-refractivity contribution in [2.45, 2.75) is 69.2 Å². The zero-order chi connectivity index (χ0) is 19.6. The van der Waals surface area contributed by atoms with E-state index in [4.69, 9.17) is 9.57 Å². The van der Waals surface area contributed by atoms with Crippen LogP contribution in [0.3, 0.4) is 0 Å². The number of likely N-dealkylation sites (tertiary alicyclic amines) is 2. The summed E-state index contributed by atoms with van der Waals surface area (Å²) in [5.74, 6) is 0.639. The van der Waals surface area contributed by atoms with E-state index in [1.807, 2.05) is 0 Å². The summed E-state index contributed by atoms with van der Waals surface area (Å²) in [5.41, 5.74) is 3.41. The van der Waals surface area contributed by atoms with Gasteiger partial charge in [-0.3, -0.25) is 15.1 Å². The molecule has 166 valence electrons. The van der Waals surface area contributed by atoms with Crippen LogP contribution in [0.1, 0.15) is 38.5 Å². The summed E-state index contributed by atoms with van der Waals surface area (Å²) in [6, 6.07) is 1.28. The predicted octanol–water partition coefficient (Wildman–Crippen LogP) is -2.46. The molecular weight excluding hydrogens is 368 g/mol. The lowest BCUT2D eigenvalue weighted by molar-refractivity contribution is -0.885. The summed E-state index contributed by atoms with van der Waals surface area (Å²) < 4.78 is 5.55. The van der Waals surface area contributed by atoms with Gasteiger partial charge in [0.1, 0.15) is 12.4 Å². The number of hydrogen-bond acceptors (Lipinski definition) is 6. The van der Waals surface area contributed by atoms with Crippen molar-refractivity contribution in [2.24, 2.45) is 5.92 Å². The van der Waals surface area contributed by atoms with Gasteiger partial charge in [-0.2, -0.15) is 5.48 Å². The summed E-state index contributed by atoms with van der Waals surface area (Å²) in [7, 11) is 2.33. The van der Waals surface area contributed by atoms with Crippen molar-refractivity contribution in [2.75, 3.05) is 59.5 Å². The number of nitrogens with zero attached hydrogens (tertiary/aromatic N) is 2. The third-order valence-electron chi connectivity index (χ3n) is 8.14. The topological polar surface area (TPSA) is 70.1 Å². The van der Waals surface area contributed by atoms with Crippen LogP contribution in [0.15, 0.2) is 0 Å². The third-order valence-corrected chi connectivity index (χ3v) is 8.14. The van der Waals surface area contributed by atoms with Crippen LogP contribution < -0.4 is 21.0 Å². The molecule has 0 spiro atoms. The molecule has 4 unspecified atom stereocenters. The fraction of sp³-hybridized carbons (Fsp3) is 1.00. The number of quaternary nitrogens is 2. The molecule has 5 atom stereocenters. The highest BCUT2D eigenvalue weighted by Gasteiger charge is 2.44. The Balaban J connectivity index is 1.15. The number of morpholine rings is 1. The first-order chi connectivity index (χ1) is 14.3. The number of nitrogens with one attached hydrogen (secondary N) is 3. The Morgan fingerprint density at radius 2 is 1.86 bits per heavy atom. The minimum Gasteiger partial charge on any atom is -0.379 e. The molecule has 5 N–H and O–H groups in total. The van der Waals surface area contributed by atoms with Gasteiger partial charge in [0.2, 0.25) is 0 Å². The first-order valence-electron chi connectivity index (χ1n) is 12.2. The standard InChI is InChI=1S/C21H40N6O2/c1-25-9-5-17(6-10-25)27-8-2-3-18(27)21-23-20(24-29-21)16-4-7-22-19(15-16)26-11-13-28-14-12-26/h16-24H,2-15H2,1H3/p+2/t16?,18-,19?,20?,21?/m0/s1. The van der Waals surface area contributed by atoms with Gasteiger partial charge in [0.05, 0.1) is 52.1 Å². The SMILES string of the molecule is C[NH+]1CCC(N2CCC[C@H]2C2NC(C3CC[NH2+]C(N4CCOCC4)C3)NO2)CC1. The molecule has 0 radical (unpaired) electrons. The van der Waals surface area contributed by atoms with Crippen LogP contribution in [0, 0.1) is 5.92 Å². The molecule has 5 aliphatic rings. The van der Waals surface area contributed by atoms with E-state index in [0.29, 0.717) is 24.3 Å². The van der Waals surface area contributed by atoms with Crippen molar-refractivity contribution in [1.29, 1.82) is 0 Å². The molecule has 5 heterocycles.